The maximum atomic E-state index is 12.9. The summed E-state index contributed by atoms with van der Waals surface area (Å²) in [5.74, 6) is 1.50. The summed E-state index contributed by atoms with van der Waals surface area (Å²) in [7, 11) is 1.98. The topological polar surface area (TPSA) is 30.7 Å². The number of benzene rings is 1. The maximum Gasteiger partial charge on any atom is 0.191 e. The third-order valence-corrected chi connectivity index (χ3v) is 5.09. The fraction of sp³-hybridized carbons (Fsp3) is 0.200. The van der Waals surface area contributed by atoms with Gasteiger partial charge in [-0.3, -0.25) is 0 Å². The van der Waals surface area contributed by atoms with E-state index in [4.69, 9.17) is 0 Å². The van der Waals surface area contributed by atoms with Crippen LogP contribution in [0.25, 0.3) is 0 Å². The van der Waals surface area contributed by atoms with E-state index in [2.05, 4.69) is 21.6 Å². The lowest BCUT2D eigenvalue weighted by Crippen LogP contribution is -1.99. The SMILES string of the molecule is Cn1c(Cc2cccs2)nnc1SCc1ccc(F)cc1. The van der Waals surface area contributed by atoms with E-state index in [1.54, 1.807) is 35.2 Å². The summed E-state index contributed by atoms with van der Waals surface area (Å²) in [6, 6.07) is 10.7. The van der Waals surface area contributed by atoms with Crippen molar-refractivity contribution in [3.05, 3.63) is 63.9 Å². The molecule has 0 saturated carbocycles. The average molecular weight is 319 g/mol. The van der Waals surface area contributed by atoms with Crippen LogP contribution in [0.5, 0.6) is 0 Å². The van der Waals surface area contributed by atoms with Crippen molar-refractivity contribution >= 4 is 23.1 Å². The van der Waals surface area contributed by atoms with Crippen LogP contribution in [-0.2, 0) is 19.2 Å². The molecule has 0 spiro atoms. The molecule has 0 fully saturated rings. The summed E-state index contributed by atoms with van der Waals surface area (Å²) in [4.78, 5) is 1.28. The first kappa shape index (κ1) is 14.3. The van der Waals surface area contributed by atoms with Crippen molar-refractivity contribution in [2.24, 2.45) is 7.05 Å². The smallest absolute Gasteiger partial charge is 0.191 e. The van der Waals surface area contributed by atoms with E-state index in [1.807, 2.05) is 17.7 Å². The van der Waals surface area contributed by atoms with Crippen LogP contribution in [0.4, 0.5) is 4.39 Å². The molecule has 0 saturated heterocycles. The minimum atomic E-state index is -0.208. The Morgan fingerprint density at radius 1 is 1.19 bits per heavy atom. The minimum Gasteiger partial charge on any atom is -0.309 e. The molecule has 0 bridgehead atoms. The number of thiophene rings is 1. The molecule has 0 aliphatic rings. The molecule has 2 heterocycles. The molecular formula is C15H14FN3S2. The van der Waals surface area contributed by atoms with E-state index in [0.29, 0.717) is 0 Å². The van der Waals surface area contributed by atoms with Gasteiger partial charge in [0.15, 0.2) is 5.16 Å². The lowest BCUT2D eigenvalue weighted by Gasteiger charge is -2.03. The highest BCUT2D eigenvalue weighted by Gasteiger charge is 2.10. The molecule has 0 atom stereocenters. The second-order valence-electron chi connectivity index (χ2n) is 4.63. The van der Waals surface area contributed by atoms with Gasteiger partial charge in [-0.15, -0.1) is 21.5 Å². The molecule has 1 aromatic carbocycles. The van der Waals surface area contributed by atoms with Gasteiger partial charge < -0.3 is 4.57 Å². The molecule has 0 aliphatic carbocycles. The second kappa shape index (κ2) is 6.41. The zero-order valence-electron chi connectivity index (χ0n) is 11.5. The van der Waals surface area contributed by atoms with E-state index < -0.39 is 0 Å². The van der Waals surface area contributed by atoms with E-state index in [-0.39, 0.29) is 5.82 Å². The Balaban J connectivity index is 1.66. The van der Waals surface area contributed by atoms with Gasteiger partial charge in [-0.05, 0) is 29.1 Å². The second-order valence-corrected chi connectivity index (χ2v) is 6.60. The van der Waals surface area contributed by atoms with Crippen molar-refractivity contribution in [2.75, 3.05) is 0 Å². The number of hydrogen-bond donors (Lipinski definition) is 0. The Hall–Kier alpha value is -1.66. The summed E-state index contributed by atoms with van der Waals surface area (Å²) in [6.45, 7) is 0. The number of aromatic nitrogens is 3. The van der Waals surface area contributed by atoms with Gasteiger partial charge in [-0.1, -0.05) is 30.0 Å². The molecule has 3 aromatic rings. The average Bonchev–Trinajstić information content (AvgIpc) is 3.11. The van der Waals surface area contributed by atoms with Crippen molar-refractivity contribution in [1.82, 2.24) is 14.8 Å². The highest BCUT2D eigenvalue weighted by molar-refractivity contribution is 7.98. The minimum absolute atomic E-state index is 0.208. The van der Waals surface area contributed by atoms with E-state index in [0.717, 1.165) is 28.7 Å². The Morgan fingerprint density at radius 2 is 2.00 bits per heavy atom. The fourth-order valence-electron chi connectivity index (χ4n) is 1.92. The normalized spacial score (nSPS) is 11.0. The quantitative estimate of drug-likeness (QED) is 0.668. The molecule has 0 N–H and O–H groups in total. The molecule has 3 rings (SSSR count). The molecule has 6 heteroatoms. The molecule has 3 nitrogen and oxygen atoms in total. The Bertz CT molecular complexity index is 705. The number of halogens is 1. The first-order valence-corrected chi connectivity index (χ1v) is 8.37. The van der Waals surface area contributed by atoms with Crippen molar-refractivity contribution in [2.45, 2.75) is 17.3 Å². The molecule has 21 heavy (non-hydrogen) atoms. The number of nitrogens with zero attached hydrogens (tertiary/aromatic N) is 3. The summed E-state index contributed by atoms with van der Waals surface area (Å²) < 4.78 is 14.9. The van der Waals surface area contributed by atoms with Gasteiger partial charge >= 0.3 is 0 Å². The summed E-state index contributed by atoms with van der Waals surface area (Å²) in [5.41, 5.74) is 1.07. The highest BCUT2D eigenvalue weighted by Crippen LogP contribution is 2.22. The van der Waals surface area contributed by atoms with Gasteiger partial charge in [0.05, 0.1) is 0 Å². The Labute approximate surface area is 130 Å². The monoisotopic (exact) mass is 319 g/mol. The van der Waals surface area contributed by atoms with Gasteiger partial charge in [0.1, 0.15) is 11.6 Å². The van der Waals surface area contributed by atoms with Crippen LogP contribution < -0.4 is 0 Å². The van der Waals surface area contributed by atoms with Crippen LogP contribution >= 0.6 is 23.1 Å². The van der Waals surface area contributed by atoms with Crippen LogP contribution in [0.2, 0.25) is 0 Å². The van der Waals surface area contributed by atoms with Crippen LogP contribution in [0.15, 0.2) is 46.9 Å². The first-order chi connectivity index (χ1) is 10.2. The van der Waals surface area contributed by atoms with Crippen molar-refractivity contribution < 1.29 is 4.39 Å². The van der Waals surface area contributed by atoms with Crippen LogP contribution in [0.3, 0.4) is 0 Å². The van der Waals surface area contributed by atoms with Crippen molar-refractivity contribution in [1.29, 1.82) is 0 Å². The first-order valence-electron chi connectivity index (χ1n) is 6.50. The number of thioether (sulfide) groups is 1. The lowest BCUT2D eigenvalue weighted by molar-refractivity contribution is 0.627. The standard InChI is InChI=1S/C15H14FN3S2/c1-19-14(9-13-3-2-8-20-13)17-18-15(19)21-10-11-4-6-12(16)7-5-11/h2-8H,9-10H2,1H3. The predicted octanol–water partition coefficient (Wildman–Crippen LogP) is 3.90. The van der Waals surface area contributed by atoms with Gasteiger partial charge in [0.2, 0.25) is 0 Å². The zero-order valence-corrected chi connectivity index (χ0v) is 13.1. The van der Waals surface area contributed by atoms with Gasteiger partial charge in [-0.25, -0.2) is 4.39 Å². The van der Waals surface area contributed by atoms with Crippen LogP contribution in [-0.4, -0.2) is 14.8 Å². The van der Waals surface area contributed by atoms with E-state index in [9.17, 15) is 4.39 Å². The molecule has 2 aromatic heterocycles. The van der Waals surface area contributed by atoms with Crippen molar-refractivity contribution in [3.8, 4) is 0 Å². The molecule has 0 amide bonds. The largest absolute Gasteiger partial charge is 0.309 e. The number of rotatable bonds is 5. The van der Waals surface area contributed by atoms with Gasteiger partial charge in [0, 0.05) is 24.1 Å². The van der Waals surface area contributed by atoms with Crippen LogP contribution in [0, 0.1) is 5.82 Å². The molecule has 0 aliphatic heterocycles. The van der Waals surface area contributed by atoms with Crippen molar-refractivity contribution in [3.63, 3.8) is 0 Å². The van der Waals surface area contributed by atoms with E-state index >= 15 is 0 Å². The molecule has 0 radical (unpaired) electrons. The van der Waals surface area contributed by atoms with Gasteiger partial charge in [0.25, 0.3) is 0 Å². The summed E-state index contributed by atoms with van der Waals surface area (Å²) in [6.07, 6.45) is 0.804. The maximum absolute atomic E-state index is 12.9. The lowest BCUT2D eigenvalue weighted by atomic mass is 10.2. The van der Waals surface area contributed by atoms with E-state index in [1.165, 1.54) is 17.0 Å². The molecule has 108 valence electrons. The third kappa shape index (κ3) is 3.51. The predicted molar refractivity (Wildman–Crippen MR) is 84.1 cm³/mol. The zero-order chi connectivity index (χ0) is 14.7. The molecule has 0 unspecified atom stereocenters. The molecular weight excluding hydrogens is 305 g/mol. The third-order valence-electron chi connectivity index (χ3n) is 3.12. The van der Waals surface area contributed by atoms with Crippen LogP contribution in [0.1, 0.15) is 16.3 Å². The summed E-state index contributed by atoms with van der Waals surface area (Å²) >= 11 is 3.33. The van der Waals surface area contributed by atoms with Gasteiger partial charge in [-0.2, -0.15) is 0 Å². The Kier molecular flexibility index (Phi) is 4.36. The fourth-order valence-corrected chi connectivity index (χ4v) is 3.51. The summed E-state index contributed by atoms with van der Waals surface area (Å²) in [5, 5.41) is 11.4. The number of hydrogen-bond acceptors (Lipinski definition) is 4. The Morgan fingerprint density at radius 3 is 2.71 bits per heavy atom. The highest BCUT2D eigenvalue weighted by atomic mass is 32.2.